The first-order valence-electron chi connectivity index (χ1n) is 11.1. The first-order chi connectivity index (χ1) is 15.0. The summed E-state index contributed by atoms with van der Waals surface area (Å²) in [5.41, 5.74) is 1.40. The Hall–Kier alpha value is -2.74. The number of likely N-dealkylation sites (tertiary alicyclic amines) is 1. The van der Waals surface area contributed by atoms with Gasteiger partial charge in [0.1, 0.15) is 22.8 Å². The Morgan fingerprint density at radius 2 is 2.06 bits per heavy atom. The highest BCUT2D eigenvalue weighted by atomic mass is 19.1. The summed E-state index contributed by atoms with van der Waals surface area (Å²) in [6.45, 7) is 4.35. The Balaban J connectivity index is 1.42. The van der Waals surface area contributed by atoms with Crippen LogP contribution in [0.15, 0.2) is 29.2 Å². The summed E-state index contributed by atoms with van der Waals surface area (Å²) < 4.78 is 21.1. The van der Waals surface area contributed by atoms with Gasteiger partial charge in [0.25, 0.3) is 5.56 Å². The van der Waals surface area contributed by atoms with Gasteiger partial charge in [-0.05, 0) is 37.0 Å². The molecule has 2 aliphatic rings. The van der Waals surface area contributed by atoms with Crippen molar-refractivity contribution in [1.29, 1.82) is 0 Å². The SMILES string of the molecule is COc1ccc(F)cc1CN1C[C@@H](C)[C@H](c2nc3c(cnn3C3CCCC3)c(=O)[nH]2)C1. The number of hydrogen-bond acceptors (Lipinski definition) is 5. The lowest BCUT2D eigenvalue weighted by molar-refractivity contribution is 0.309. The van der Waals surface area contributed by atoms with Gasteiger partial charge in [0.15, 0.2) is 5.65 Å². The molecule has 7 nitrogen and oxygen atoms in total. The quantitative estimate of drug-likeness (QED) is 0.676. The van der Waals surface area contributed by atoms with Crippen LogP contribution in [-0.4, -0.2) is 44.8 Å². The summed E-state index contributed by atoms with van der Waals surface area (Å²) in [5, 5.41) is 5.06. The zero-order chi connectivity index (χ0) is 21.5. The van der Waals surface area contributed by atoms with Crippen LogP contribution in [-0.2, 0) is 6.54 Å². The third-order valence-electron chi connectivity index (χ3n) is 6.83. The lowest BCUT2D eigenvalue weighted by atomic mass is 9.97. The van der Waals surface area contributed by atoms with Crippen LogP contribution < -0.4 is 10.3 Å². The predicted octanol–water partition coefficient (Wildman–Crippen LogP) is 3.62. The fraction of sp³-hybridized carbons (Fsp3) is 0.522. The second-order valence-electron chi connectivity index (χ2n) is 8.95. The summed E-state index contributed by atoms with van der Waals surface area (Å²) in [5.74, 6) is 1.55. The third kappa shape index (κ3) is 3.73. The maximum absolute atomic E-state index is 13.8. The number of benzene rings is 1. The van der Waals surface area contributed by atoms with Gasteiger partial charge in [-0.1, -0.05) is 19.8 Å². The van der Waals surface area contributed by atoms with E-state index in [4.69, 9.17) is 9.72 Å². The molecule has 2 fully saturated rings. The molecular formula is C23H28FN5O2. The van der Waals surface area contributed by atoms with E-state index in [1.807, 2.05) is 4.68 Å². The largest absolute Gasteiger partial charge is 0.496 e. The molecule has 1 aliphatic carbocycles. The molecule has 8 heteroatoms. The van der Waals surface area contributed by atoms with Crippen molar-refractivity contribution in [2.45, 2.75) is 51.1 Å². The number of methoxy groups -OCH3 is 1. The molecule has 1 aliphatic heterocycles. The molecule has 1 aromatic carbocycles. The van der Waals surface area contributed by atoms with E-state index < -0.39 is 0 Å². The predicted molar refractivity (Wildman–Crippen MR) is 116 cm³/mol. The molecule has 0 spiro atoms. The number of fused-ring (bicyclic) bond motifs is 1. The first kappa shape index (κ1) is 20.2. The Morgan fingerprint density at radius 3 is 2.84 bits per heavy atom. The molecule has 1 N–H and O–H groups in total. The number of halogens is 1. The number of aromatic amines is 1. The zero-order valence-corrected chi connectivity index (χ0v) is 18.0. The molecule has 1 saturated heterocycles. The van der Waals surface area contributed by atoms with E-state index in [1.165, 1.54) is 25.0 Å². The lowest BCUT2D eigenvalue weighted by Crippen LogP contribution is -2.22. The van der Waals surface area contributed by atoms with Crippen LogP contribution >= 0.6 is 0 Å². The molecule has 31 heavy (non-hydrogen) atoms. The fourth-order valence-corrected chi connectivity index (χ4v) is 5.21. The monoisotopic (exact) mass is 425 g/mol. The second-order valence-corrected chi connectivity index (χ2v) is 8.95. The molecule has 0 unspecified atom stereocenters. The highest BCUT2D eigenvalue weighted by molar-refractivity contribution is 5.73. The Morgan fingerprint density at radius 1 is 1.26 bits per heavy atom. The van der Waals surface area contributed by atoms with E-state index in [-0.39, 0.29) is 17.3 Å². The van der Waals surface area contributed by atoms with Crippen molar-refractivity contribution in [2.75, 3.05) is 20.2 Å². The molecule has 3 heterocycles. The minimum absolute atomic E-state index is 0.101. The normalized spacial score (nSPS) is 22.5. The summed E-state index contributed by atoms with van der Waals surface area (Å²) in [6.07, 6.45) is 6.21. The van der Waals surface area contributed by atoms with E-state index in [0.29, 0.717) is 35.3 Å². The topological polar surface area (TPSA) is 76.0 Å². The van der Waals surface area contributed by atoms with Gasteiger partial charge in [-0.15, -0.1) is 0 Å². The average molecular weight is 426 g/mol. The fourth-order valence-electron chi connectivity index (χ4n) is 5.21. The van der Waals surface area contributed by atoms with Gasteiger partial charge >= 0.3 is 0 Å². The standard InChI is InChI=1S/C23H28FN5O2/c1-14-11-28(12-15-9-16(24)7-8-20(15)31-2)13-19(14)21-26-22-18(23(30)27-21)10-25-29(22)17-5-3-4-6-17/h7-10,14,17,19H,3-6,11-13H2,1-2H3,(H,26,27,30)/t14-,19-/m1/s1. The molecule has 0 radical (unpaired) electrons. The average Bonchev–Trinajstić information content (AvgIpc) is 3.48. The van der Waals surface area contributed by atoms with Crippen LogP contribution in [0.1, 0.15) is 56.0 Å². The number of nitrogens with zero attached hydrogens (tertiary/aromatic N) is 4. The van der Waals surface area contributed by atoms with E-state index in [2.05, 4.69) is 21.9 Å². The molecular weight excluding hydrogens is 397 g/mol. The number of hydrogen-bond donors (Lipinski definition) is 1. The number of H-pyrrole nitrogens is 1. The van der Waals surface area contributed by atoms with Gasteiger partial charge in [0.2, 0.25) is 0 Å². The minimum atomic E-state index is -0.267. The maximum atomic E-state index is 13.8. The van der Waals surface area contributed by atoms with Crippen molar-refractivity contribution in [3.8, 4) is 5.75 Å². The molecule has 2 atom stereocenters. The van der Waals surface area contributed by atoms with Gasteiger partial charge in [0, 0.05) is 31.1 Å². The van der Waals surface area contributed by atoms with Gasteiger partial charge in [-0.25, -0.2) is 14.1 Å². The molecule has 2 aromatic heterocycles. The molecule has 5 rings (SSSR count). The highest BCUT2D eigenvalue weighted by Gasteiger charge is 2.33. The third-order valence-corrected chi connectivity index (χ3v) is 6.83. The minimum Gasteiger partial charge on any atom is -0.496 e. The maximum Gasteiger partial charge on any atom is 0.262 e. The van der Waals surface area contributed by atoms with E-state index in [9.17, 15) is 9.18 Å². The Kier molecular flexibility index (Phi) is 5.25. The van der Waals surface area contributed by atoms with Crippen LogP contribution in [0.5, 0.6) is 5.75 Å². The molecule has 0 amide bonds. The first-order valence-corrected chi connectivity index (χ1v) is 11.1. The van der Waals surface area contributed by atoms with Crippen molar-refractivity contribution in [3.05, 3.63) is 52.0 Å². The molecule has 1 saturated carbocycles. The van der Waals surface area contributed by atoms with Crippen LogP contribution in [0.2, 0.25) is 0 Å². The second kappa shape index (κ2) is 8.07. The summed E-state index contributed by atoms with van der Waals surface area (Å²) in [7, 11) is 1.60. The summed E-state index contributed by atoms with van der Waals surface area (Å²) in [4.78, 5) is 22.9. The van der Waals surface area contributed by atoms with Gasteiger partial charge in [-0.2, -0.15) is 5.10 Å². The lowest BCUT2D eigenvalue weighted by Gasteiger charge is -2.18. The van der Waals surface area contributed by atoms with Gasteiger partial charge in [-0.3, -0.25) is 9.69 Å². The molecule has 0 bridgehead atoms. The Bertz CT molecular complexity index is 1150. The van der Waals surface area contributed by atoms with Gasteiger partial charge in [0.05, 0.1) is 19.3 Å². The van der Waals surface area contributed by atoms with E-state index in [1.54, 1.807) is 19.4 Å². The van der Waals surface area contributed by atoms with Crippen molar-refractivity contribution < 1.29 is 9.13 Å². The molecule has 3 aromatic rings. The van der Waals surface area contributed by atoms with Crippen molar-refractivity contribution in [3.63, 3.8) is 0 Å². The Labute approximate surface area is 180 Å². The van der Waals surface area contributed by atoms with Crippen LogP contribution in [0.3, 0.4) is 0 Å². The van der Waals surface area contributed by atoms with Crippen LogP contribution in [0.25, 0.3) is 11.0 Å². The number of ether oxygens (including phenoxy) is 1. The number of nitrogens with one attached hydrogen (secondary N) is 1. The summed E-state index contributed by atoms with van der Waals surface area (Å²) >= 11 is 0. The smallest absolute Gasteiger partial charge is 0.262 e. The summed E-state index contributed by atoms with van der Waals surface area (Å²) in [6, 6.07) is 4.94. The zero-order valence-electron chi connectivity index (χ0n) is 18.0. The van der Waals surface area contributed by atoms with Crippen molar-refractivity contribution >= 4 is 11.0 Å². The van der Waals surface area contributed by atoms with Crippen molar-refractivity contribution in [1.82, 2.24) is 24.6 Å². The van der Waals surface area contributed by atoms with Crippen LogP contribution in [0, 0.1) is 11.7 Å². The van der Waals surface area contributed by atoms with E-state index >= 15 is 0 Å². The van der Waals surface area contributed by atoms with E-state index in [0.717, 1.165) is 37.3 Å². The highest BCUT2D eigenvalue weighted by Crippen LogP contribution is 2.34. The van der Waals surface area contributed by atoms with Crippen molar-refractivity contribution in [2.24, 2.45) is 5.92 Å². The number of rotatable bonds is 5. The van der Waals surface area contributed by atoms with Crippen LogP contribution in [0.4, 0.5) is 4.39 Å². The van der Waals surface area contributed by atoms with Gasteiger partial charge < -0.3 is 9.72 Å². The number of aromatic nitrogens is 4. The molecule has 164 valence electrons.